The summed E-state index contributed by atoms with van der Waals surface area (Å²) < 4.78 is 0. The summed E-state index contributed by atoms with van der Waals surface area (Å²) in [6, 6.07) is 7.54. The van der Waals surface area contributed by atoms with Gasteiger partial charge in [-0.2, -0.15) is 0 Å². The minimum atomic E-state index is -0.246. The van der Waals surface area contributed by atoms with Gasteiger partial charge in [0.2, 0.25) is 5.91 Å². The number of nitrogens with one attached hydrogen (secondary N) is 1. The Morgan fingerprint density at radius 3 is 2.58 bits per heavy atom. The maximum Gasteiger partial charge on any atom is 0.242 e. The van der Waals surface area contributed by atoms with Crippen molar-refractivity contribution in [2.75, 3.05) is 17.7 Å². The Labute approximate surface area is 116 Å². The van der Waals surface area contributed by atoms with Gasteiger partial charge in [0.1, 0.15) is 6.04 Å². The second-order valence-electron chi connectivity index (χ2n) is 5.04. The van der Waals surface area contributed by atoms with Crippen LogP contribution in [0.3, 0.4) is 0 Å². The van der Waals surface area contributed by atoms with Gasteiger partial charge in [0.25, 0.3) is 0 Å². The molecule has 1 amide bonds. The fraction of sp³-hybridized carbons (Fsp3) is 0.533. The molecular formula is C15H25N3O. The van der Waals surface area contributed by atoms with Crippen molar-refractivity contribution in [3.05, 3.63) is 24.3 Å². The highest BCUT2D eigenvalue weighted by Crippen LogP contribution is 2.22. The summed E-state index contributed by atoms with van der Waals surface area (Å²) in [5, 5.41) is 3.03. The van der Waals surface area contributed by atoms with Gasteiger partial charge in [-0.3, -0.25) is 4.79 Å². The van der Waals surface area contributed by atoms with Gasteiger partial charge in [0.15, 0.2) is 0 Å². The van der Waals surface area contributed by atoms with E-state index in [9.17, 15) is 4.79 Å². The molecule has 2 unspecified atom stereocenters. The first-order valence-corrected chi connectivity index (χ1v) is 6.85. The number of hydrogen-bond donors (Lipinski definition) is 2. The number of carbonyl (C=O) groups excluding carboxylic acids is 1. The van der Waals surface area contributed by atoms with Crippen LogP contribution in [-0.2, 0) is 4.79 Å². The summed E-state index contributed by atoms with van der Waals surface area (Å²) in [4.78, 5) is 14.1. The third-order valence-corrected chi connectivity index (χ3v) is 3.39. The van der Waals surface area contributed by atoms with E-state index in [4.69, 9.17) is 5.73 Å². The van der Waals surface area contributed by atoms with E-state index in [2.05, 4.69) is 12.2 Å². The molecule has 0 heterocycles. The third kappa shape index (κ3) is 4.16. The van der Waals surface area contributed by atoms with Crippen LogP contribution in [0.4, 0.5) is 11.4 Å². The molecule has 0 radical (unpaired) electrons. The number of nitrogens with zero attached hydrogens (tertiary/aromatic N) is 1. The molecule has 0 aliphatic carbocycles. The van der Waals surface area contributed by atoms with E-state index < -0.39 is 0 Å². The first kappa shape index (κ1) is 15.3. The molecule has 1 aromatic rings. The van der Waals surface area contributed by atoms with Crippen molar-refractivity contribution in [3.63, 3.8) is 0 Å². The van der Waals surface area contributed by atoms with Gasteiger partial charge in [0.05, 0.1) is 11.4 Å². The largest absolute Gasteiger partial charge is 0.397 e. The van der Waals surface area contributed by atoms with E-state index in [0.29, 0.717) is 5.69 Å². The maximum absolute atomic E-state index is 12.2. The summed E-state index contributed by atoms with van der Waals surface area (Å²) >= 11 is 0. The van der Waals surface area contributed by atoms with Crippen LogP contribution < -0.4 is 16.0 Å². The number of hydrogen-bond acceptors (Lipinski definition) is 3. The fourth-order valence-electron chi connectivity index (χ4n) is 2.06. The molecule has 0 fully saturated rings. The molecule has 2 atom stereocenters. The number of para-hydroxylation sites is 2. The highest BCUT2D eigenvalue weighted by atomic mass is 16.2. The molecule has 0 aromatic heterocycles. The molecule has 4 nitrogen and oxygen atoms in total. The Balaban J connectivity index is 2.69. The zero-order valence-electron chi connectivity index (χ0n) is 12.3. The van der Waals surface area contributed by atoms with Crippen LogP contribution in [0.25, 0.3) is 0 Å². The zero-order chi connectivity index (χ0) is 14.4. The van der Waals surface area contributed by atoms with E-state index >= 15 is 0 Å². The van der Waals surface area contributed by atoms with Gasteiger partial charge in [-0.15, -0.1) is 0 Å². The zero-order valence-corrected chi connectivity index (χ0v) is 12.3. The van der Waals surface area contributed by atoms with E-state index in [0.717, 1.165) is 18.5 Å². The lowest BCUT2D eigenvalue weighted by Gasteiger charge is -2.28. The van der Waals surface area contributed by atoms with Crippen molar-refractivity contribution < 1.29 is 4.79 Å². The maximum atomic E-state index is 12.2. The lowest BCUT2D eigenvalue weighted by Crippen LogP contribution is -2.46. The molecule has 106 valence electrons. The number of likely N-dealkylation sites (N-methyl/N-ethyl adjacent to an activating group) is 1. The Morgan fingerprint density at radius 1 is 1.37 bits per heavy atom. The molecule has 0 saturated carbocycles. The highest BCUT2D eigenvalue weighted by Gasteiger charge is 2.20. The van der Waals surface area contributed by atoms with Crippen LogP contribution >= 0.6 is 0 Å². The predicted octanol–water partition coefficient (Wildman–Crippen LogP) is 2.40. The number of rotatable bonds is 6. The van der Waals surface area contributed by atoms with Crippen molar-refractivity contribution in [2.45, 2.75) is 45.7 Å². The van der Waals surface area contributed by atoms with Gasteiger partial charge in [0, 0.05) is 13.1 Å². The van der Waals surface area contributed by atoms with Crippen molar-refractivity contribution in [1.82, 2.24) is 5.32 Å². The van der Waals surface area contributed by atoms with E-state index in [-0.39, 0.29) is 18.0 Å². The lowest BCUT2D eigenvalue weighted by atomic mass is 10.1. The van der Waals surface area contributed by atoms with Crippen LogP contribution in [0.5, 0.6) is 0 Å². The standard InChI is InChI=1S/C15H25N3O/c1-5-8-11(2)17-15(19)12(3)18(4)14-10-7-6-9-13(14)16/h6-7,9-12H,5,8,16H2,1-4H3,(H,17,19). The summed E-state index contributed by atoms with van der Waals surface area (Å²) in [5.74, 6) is 0.0340. The minimum Gasteiger partial charge on any atom is -0.397 e. The SMILES string of the molecule is CCCC(C)NC(=O)C(C)N(C)c1ccccc1N. The average molecular weight is 263 g/mol. The lowest BCUT2D eigenvalue weighted by molar-refractivity contribution is -0.122. The predicted molar refractivity (Wildman–Crippen MR) is 81.2 cm³/mol. The quantitative estimate of drug-likeness (QED) is 0.775. The normalized spacial score (nSPS) is 13.7. The van der Waals surface area contributed by atoms with Crippen molar-refractivity contribution in [3.8, 4) is 0 Å². The molecule has 0 spiro atoms. The number of benzene rings is 1. The molecule has 0 bridgehead atoms. The minimum absolute atomic E-state index is 0.0340. The van der Waals surface area contributed by atoms with Gasteiger partial charge in [-0.1, -0.05) is 25.5 Å². The fourth-order valence-corrected chi connectivity index (χ4v) is 2.06. The van der Waals surface area contributed by atoms with Crippen LogP contribution in [0.2, 0.25) is 0 Å². The molecular weight excluding hydrogens is 238 g/mol. The Kier molecular flexibility index (Phi) is 5.67. The Morgan fingerprint density at radius 2 is 2.00 bits per heavy atom. The topological polar surface area (TPSA) is 58.4 Å². The molecule has 1 rings (SSSR count). The summed E-state index contributed by atoms with van der Waals surface area (Å²) in [7, 11) is 1.89. The summed E-state index contributed by atoms with van der Waals surface area (Å²) in [6.07, 6.45) is 2.06. The molecule has 19 heavy (non-hydrogen) atoms. The second kappa shape index (κ2) is 7.02. The number of anilines is 2. The molecule has 3 N–H and O–H groups in total. The smallest absolute Gasteiger partial charge is 0.242 e. The summed E-state index contributed by atoms with van der Waals surface area (Å²) in [6.45, 7) is 6.04. The number of nitrogen functional groups attached to an aromatic ring is 1. The van der Waals surface area contributed by atoms with Crippen molar-refractivity contribution in [1.29, 1.82) is 0 Å². The molecule has 0 aliphatic heterocycles. The van der Waals surface area contributed by atoms with E-state index in [1.807, 2.05) is 50.1 Å². The Bertz CT molecular complexity index is 420. The van der Waals surface area contributed by atoms with Gasteiger partial charge < -0.3 is 16.0 Å². The molecule has 4 heteroatoms. The van der Waals surface area contributed by atoms with Crippen molar-refractivity contribution in [2.24, 2.45) is 0 Å². The Hall–Kier alpha value is -1.71. The first-order valence-electron chi connectivity index (χ1n) is 6.85. The second-order valence-corrected chi connectivity index (χ2v) is 5.04. The van der Waals surface area contributed by atoms with E-state index in [1.54, 1.807) is 0 Å². The van der Waals surface area contributed by atoms with Gasteiger partial charge in [-0.25, -0.2) is 0 Å². The molecule has 1 aromatic carbocycles. The van der Waals surface area contributed by atoms with Crippen LogP contribution in [0.15, 0.2) is 24.3 Å². The number of nitrogens with two attached hydrogens (primary N) is 1. The number of carbonyl (C=O) groups is 1. The van der Waals surface area contributed by atoms with Crippen LogP contribution in [0.1, 0.15) is 33.6 Å². The highest BCUT2D eigenvalue weighted by molar-refractivity contribution is 5.86. The van der Waals surface area contributed by atoms with Crippen LogP contribution in [-0.4, -0.2) is 25.0 Å². The molecule has 0 aliphatic rings. The monoisotopic (exact) mass is 263 g/mol. The first-order chi connectivity index (χ1) is 8.97. The average Bonchev–Trinajstić information content (AvgIpc) is 2.37. The number of amides is 1. The summed E-state index contributed by atoms with van der Waals surface area (Å²) in [5.41, 5.74) is 7.50. The third-order valence-electron chi connectivity index (χ3n) is 3.39. The van der Waals surface area contributed by atoms with Crippen molar-refractivity contribution >= 4 is 17.3 Å². The van der Waals surface area contributed by atoms with E-state index in [1.165, 1.54) is 0 Å². The molecule has 0 saturated heterocycles. The van der Waals surface area contributed by atoms with Gasteiger partial charge in [-0.05, 0) is 32.4 Å². The van der Waals surface area contributed by atoms with Crippen LogP contribution in [0, 0.1) is 0 Å². The van der Waals surface area contributed by atoms with Gasteiger partial charge >= 0.3 is 0 Å².